The minimum Gasteiger partial charge on any atom is -0.328 e. The number of likely N-dealkylation sites (tertiary alicyclic amines) is 1. The molecule has 1 atom stereocenters. The van der Waals surface area contributed by atoms with Crippen molar-refractivity contribution in [1.29, 1.82) is 0 Å². The summed E-state index contributed by atoms with van der Waals surface area (Å²) in [5, 5.41) is 1.63. The Hall–Kier alpha value is -2.19. The molecule has 2 amide bonds. The molecule has 28 heavy (non-hydrogen) atoms. The first-order valence-corrected chi connectivity index (χ1v) is 11.5. The Morgan fingerprint density at radius 1 is 1.21 bits per heavy atom. The molecule has 150 valence electrons. The van der Waals surface area contributed by atoms with E-state index in [0.29, 0.717) is 18.9 Å². The average Bonchev–Trinajstić information content (AvgIpc) is 3.15. The molecule has 0 saturated carbocycles. The smallest absolute Gasteiger partial charge is 0.273 e. The van der Waals surface area contributed by atoms with E-state index in [1.165, 1.54) is 16.5 Å². The van der Waals surface area contributed by atoms with Gasteiger partial charge in [0.1, 0.15) is 9.75 Å². The Morgan fingerprint density at radius 3 is 2.39 bits per heavy atom. The minimum absolute atomic E-state index is 0.0758. The molecule has 1 N–H and O–H groups in total. The number of benzene rings is 1. The summed E-state index contributed by atoms with van der Waals surface area (Å²) in [5.41, 5.74) is 0.914. The maximum atomic E-state index is 12.7. The van der Waals surface area contributed by atoms with Gasteiger partial charge < -0.3 is 4.90 Å². The molecule has 1 unspecified atom stereocenters. The molecule has 0 spiro atoms. The summed E-state index contributed by atoms with van der Waals surface area (Å²) < 4.78 is 26.8. The molecule has 1 saturated heterocycles. The zero-order valence-corrected chi connectivity index (χ0v) is 17.8. The topological polar surface area (TPSA) is 83.6 Å². The van der Waals surface area contributed by atoms with Crippen molar-refractivity contribution >= 4 is 33.2 Å². The standard InChI is InChI=1S/C20H24N2O4S2/c1-14(2)16-8-6-15(7-9-16)13-17(23)22-11-10-20(22,3)19(24)21-28(25,26)18-5-4-12-27-18/h4-9,12,14H,10-11,13H2,1-3H3,(H,21,24). The number of thiophene rings is 1. The van der Waals surface area contributed by atoms with Crippen molar-refractivity contribution < 1.29 is 18.0 Å². The summed E-state index contributed by atoms with van der Waals surface area (Å²) in [6, 6.07) is 10.9. The molecular formula is C20H24N2O4S2. The van der Waals surface area contributed by atoms with Gasteiger partial charge in [-0.15, -0.1) is 11.3 Å². The molecule has 6 nitrogen and oxygen atoms in total. The van der Waals surface area contributed by atoms with Crippen molar-refractivity contribution in [3.05, 3.63) is 52.9 Å². The van der Waals surface area contributed by atoms with Crippen LogP contribution in [0.3, 0.4) is 0 Å². The fourth-order valence-electron chi connectivity index (χ4n) is 3.18. The number of sulfonamides is 1. The fourth-order valence-corrected chi connectivity index (χ4v) is 5.25. The lowest BCUT2D eigenvalue weighted by molar-refractivity contribution is -0.156. The van der Waals surface area contributed by atoms with Crippen LogP contribution in [0.4, 0.5) is 0 Å². The van der Waals surface area contributed by atoms with Gasteiger partial charge in [-0.1, -0.05) is 44.2 Å². The van der Waals surface area contributed by atoms with Gasteiger partial charge in [0.15, 0.2) is 0 Å². The van der Waals surface area contributed by atoms with E-state index in [2.05, 4.69) is 18.6 Å². The monoisotopic (exact) mass is 420 g/mol. The summed E-state index contributed by atoms with van der Waals surface area (Å²) in [6.07, 6.45) is 0.607. The Kier molecular flexibility index (Phi) is 5.63. The van der Waals surface area contributed by atoms with Gasteiger partial charge >= 0.3 is 0 Å². The quantitative estimate of drug-likeness (QED) is 0.779. The lowest BCUT2D eigenvalue weighted by Crippen LogP contribution is -2.68. The predicted molar refractivity (Wildman–Crippen MR) is 109 cm³/mol. The first kappa shape index (κ1) is 20.5. The summed E-state index contributed by atoms with van der Waals surface area (Å²) in [7, 11) is -3.92. The first-order chi connectivity index (χ1) is 13.1. The third kappa shape index (κ3) is 3.98. The van der Waals surface area contributed by atoms with Crippen LogP contribution >= 0.6 is 11.3 Å². The molecule has 1 aliphatic rings. The molecule has 1 aromatic carbocycles. The summed E-state index contributed by atoms with van der Waals surface area (Å²) >= 11 is 1.04. The molecule has 0 radical (unpaired) electrons. The maximum Gasteiger partial charge on any atom is 0.273 e. The molecular weight excluding hydrogens is 396 g/mol. The second-order valence-corrected chi connectivity index (χ2v) is 10.4. The van der Waals surface area contributed by atoms with Crippen LogP contribution in [0.25, 0.3) is 0 Å². The fraction of sp³-hybridized carbons (Fsp3) is 0.400. The van der Waals surface area contributed by atoms with Crippen LogP contribution in [0, 0.1) is 0 Å². The van der Waals surface area contributed by atoms with Crippen LogP contribution in [-0.4, -0.2) is 37.2 Å². The highest BCUT2D eigenvalue weighted by molar-refractivity contribution is 7.92. The van der Waals surface area contributed by atoms with E-state index in [-0.39, 0.29) is 16.5 Å². The summed E-state index contributed by atoms with van der Waals surface area (Å²) in [6.45, 7) is 6.25. The zero-order valence-electron chi connectivity index (χ0n) is 16.1. The Balaban J connectivity index is 1.68. The molecule has 3 rings (SSSR count). The zero-order chi connectivity index (χ0) is 20.5. The van der Waals surface area contributed by atoms with Gasteiger partial charge in [-0.25, -0.2) is 13.1 Å². The average molecular weight is 421 g/mol. The van der Waals surface area contributed by atoms with Crippen molar-refractivity contribution in [2.24, 2.45) is 0 Å². The van der Waals surface area contributed by atoms with Crippen LogP contribution in [0.15, 0.2) is 46.0 Å². The SMILES string of the molecule is CC(C)c1ccc(CC(=O)N2CCC2(C)C(=O)NS(=O)(=O)c2cccs2)cc1. The Morgan fingerprint density at radius 2 is 1.89 bits per heavy atom. The Labute approximate surface area is 169 Å². The van der Waals surface area contributed by atoms with Crippen molar-refractivity contribution in [3.8, 4) is 0 Å². The highest BCUT2D eigenvalue weighted by Crippen LogP contribution is 2.32. The first-order valence-electron chi connectivity index (χ1n) is 9.13. The summed E-state index contributed by atoms with van der Waals surface area (Å²) in [4.78, 5) is 26.9. The molecule has 1 aliphatic heterocycles. The number of amides is 2. The van der Waals surface area contributed by atoms with Gasteiger partial charge in [-0.2, -0.15) is 0 Å². The van der Waals surface area contributed by atoms with E-state index in [1.54, 1.807) is 18.4 Å². The van der Waals surface area contributed by atoms with Crippen molar-refractivity contribution in [2.75, 3.05) is 6.54 Å². The van der Waals surface area contributed by atoms with E-state index >= 15 is 0 Å². The highest BCUT2D eigenvalue weighted by atomic mass is 32.2. The normalized spacial score (nSPS) is 19.4. The van der Waals surface area contributed by atoms with E-state index < -0.39 is 21.5 Å². The second-order valence-electron chi connectivity index (χ2n) is 7.51. The van der Waals surface area contributed by atoms with Crippen LogP contribution in [0.2, 0.25) is 0 Å². The molecule has 2 aromatic rings. The van der Waals surface area contributed by atoms with E-state index in [0.717, 1.165) is 16.9 Å². The van der Waals surface area contributed by atoms with Crippen LogP contribution in [0.5, 0.6) is 0 Å². The minimum atomic E-state index is -3.92. The number of hydrogen-bond acceptors (Lipinski definition) is 5. The van der Waals surface area contributed by atoms with E-state index in [4.69, 9.17) is 0 Å². The molecule has 0 bridgehead atoms. The third-order valence-electron chi connectivity index (χ3n) is 5.20. The number of nitrogens with zero attached hydrogens (tertiary/aromatic N) is 1. The lowest BCUT2D eigenvalue weighted by atomic mass is 9.85. The molecule has 2 heterocycles. The van der Waals surface area contributed by atoms with E-state index in [1.807, 2.05) is 24.3 Å². The second kappa shape index (κ2) is 7.67. The van der Waals surface area contributed by atoms with Gasteiger partial charge in [0.25, 0.3) is 15.9 Å². The third-order valence-corrected chi connectivity index (χ3v) is 7.93. The van der Waals surface area contributed by atoms with Gasteiger partial charge in [-0.05, 0) is 41.8 Å². The van der Waals surface area contributed by atoms with Crippen molar-refractivity contribution in [3.63, 3.8) is 0 Å². The number of rotatable bonds is 6. The maximum absolute atomic E-state index is 12.7. The van der Waals surface area contributed by atoms with Gasteiger partial charge in [-0.3, -0.25) is 9.59 Å². The van der Waals surface area contributed by atoms with Crippen LogP contribution in [-0.2, 0) is 26.0 Å². The van der Waals surface area contributed by atoms with Gasteiger partial charge in [0, 0.05) is 6.54 Å². The number of carbonyl (C=O) groups excluding carboxylic acids is 2. The molecule has 1 aromatic heterocycles. The van der Waals surface area contributed by atoms with Gasteiger partial charge in [0.2, 0.25) is 5.91 Å². The van der Waals surface area contributed by atoms with E-state index in [9.17, 15) is 18.0 Å². The van der Waals surface area contributed by atoms with Crippen molar-refractivity contribution in [1.82, 2.24) is 9.62 Å². The highest BCUT2D eigenvalue weighted by Gasteiger charge is 2.50. The molecule has 1 fully saturated rings. The van der Waals surface area contributed by atoms with Crippen molar-refractivity contribution in [2.45, 2.75) is 49.3 Å². The predicted octanol–water partition coefficient (Wildman–Crippen LogP) is 2.91. The molecule has 8 heteroatoms. The number of hydrogen-bond donors (Lipinski definition) is 1. The summed E-state index contributed by atoms with van der Waals surface area (Å²) in [5.74, 6) is -0.442. The lowest BCUT2D eigenvalue weighted by Gasteiger charge is -2.48. The largest absolute Gasteiger partial charge is 0.328 e. The van der Waals surface area contributed by atoms with Crippen LogP contribution in [0.1, 0.15) is 44.2 Å². The van der Waals surface area contributed by atoms with Gasteiger partial charge in [0.05, 0.1) is 6.42 Å². The molecule has 0 aliphatic carbocycles. The van der Waals surface area contributed by atoms with Crippen LogP contribution < -0.4 is 4.72 Å². The number of carbonyl (C=O) groups is 2. The number of nitrogens with one attached hydrogen (secondary N) is 1. The Bertz CT molecular complexity index is 966.